The Morgan fingerprint density at radius 2 is 2.09 bits per heavy atom. The summed E-state index contributed by atoms with van der Waals surface area (Å²) in [5.41, 5.74) is -0.912. The van der Waals surface area contributed by atoms with E-state index in [0.717, 1.165) is 6.21 Å². The van der Waals surface area contributed by atoms with Crippen LogP contribution in [0.1, 0.15) is 6.92 Å². The zero-order valence-corrected chi connectivity index (χ0v) is 7.07. The molecule has 0 saturated heterocycles. The van der Waals surface area contributed by atoms with E-state index in [2.05, 4.69) is 26.1 Å². The minimum Gasteiger partial charge on any atom is -0.165 e. The van der Waals surface area contributed by atoms with Gasteiger partial charge in [-0.3, -0.25) is 0 Å². The van der Waals surface area contributed by atoms with E-state index in [1.807, 2.05) is 0 Å². The molecule has 0 bridgehead atoms. The molecule has 0 fully saturated rings. The maximum atomic E-state index is 12.0. The molecular formula is C5H4BrF3N2. The van der Waals surface area contributed by atoms with Gasteiger partial charge in [0.15, 0.2) is 5.71 Å². The maximum Gasteiger partial charge on any atom is 0.433 e. The van der Waals surface area contributed by atoms with Crippen molar-refractivity contribution in [2.75, 3.05) is 0 Å². The quantitative estimate of drug-likeness (QED) is 0.568. The van der Waals surface area contributed by atoms with Crippen LogP contribution in [-0.4, -0.2) is 22.4 Å². The van der Waals surface area contributed by atoms with Crippen LogP contribution < -0.4 is 0 Å². The summed E-state index contributed by atoms with van der Waals surface area (Å²) in [7, 11) is 0. The molecule has 0 amide bonds. The molecule has 1 unspecified atom stereocenters. The Kier molecular flexibility index (Phi) is 1.82. The molecule has 1 aliphatic rings. The molecule has 0 spiro atoms. The Bertz CT molecular complexity index is 228. The molecule has 62 valence electrons. The summed E-state index contributed by atoms with van der Waals surface area (Å²) in [6.07, 6.45) is -3.30. The lowest BCUT2D eigenvalue weighted by Gasteiger charge is -2.16. The number of halogens is 4. The Balaban J connectivity index is 2.94. The van der Waals surface area contributed by atoms with Crippen LogP contribution in [0.25, 0.3) is 0 Å². The van der Waals surface area contributed by atoms with Crippen LogP contribution >= 0.6 is 15.9 Å². The largest absolute Gasteiger partial charge is 0.433 e. The monoisotopic (exact) mass is 228 g/mol. The van der Waals surface area contributed by atoms with Crippen molar-refractivity contribution in [2.45, 2.75) is 17.4 Å². The smallest absolute Gasteiger partial charge is 0.165 e. The second-order valence-corrected chi connectivity index (χ2v) is 3.91. The van der Waals surface area contributed by atoms with E-state index >= 15 is 0 Å². The molecule has 0 N–H and O–H groups in total. The molecule has 2 nitrogen and oxygen atoms in total. The molecule has 1 rings (SSSR count). The first-order chi connectivity index (χ1) is 4.84. The van der Waals surface area contributed by atoms with Crippen LogP contribution in [0.3, 0.4) is 0 Å². The predicted molar refractivity (Wildman–Crippen MR) is 39.3 cm³/mol. The van der Waals surface area contributed by atoms with Crippen LogP contribution in [0.5, 0.6) is 0 Å². The lowest BCUT2D eigenvalue weighted by molar-refractivity contribution is -0.0604. The second kappa shape index (κ2) is 2.30. The topological polar surface area (TPSA) is 24.7 Å². The van der Waals surface area contributed by atoms with E-state index in [0.29, 0.717) is 0 Å². The molecule has 0 saturated carbocycles. The Hall–Kier alpha value is -0.390. The van der Waals surface area contributed by atoms with Gasteiger partial charge in [0, 0.05) is 6.21 Å². The van der Waals surface area contributed by atoms with Gasteiger partial charge < -0.3 is 0 Å². The van der Waals surface area contributed by atoms with Gasteiger partial charge in [-0.2, -0.15) is 18.3 Å². The Labute approximate surface area is 69.3 Å². The number of hydrogen-bond donors (Lipinski definition) is 0. The van der Waals surface area contributed by atoms with Gasteiger partial charge in [-0.1, -0.05) is 15.9 Å². The molecule has 0 radical (unpaired) electrons. The third-order valence-corrected chi connectivity index (χ3v) is 1.77. The van der Waals surface area contributed by atoms with Crippen molar-refractivity contribution in [1.29, 1.82) is 0 Å². The molecule has 0 aliphatic carbocycles. The van der Waals surface area contributed by atoms with Crippen LogP contribution in [0.15, 0.2) is 10.2 Å². The van der Waals surface area contributed by atoms with Gasteiger partial charge in [-0.15, -0.1) is 5.10 Å². The van der Waals surface area contributed by atoms with Gasteiger partial charge in [0.1, 0.15) is 4.32 Å². The van der Waals surface area contributed by atoms with E-state index in [1.165, 1.54) is 6.92 Å². The molecule has 0 aromatic rings. The lowest BCUT2D eigenvalue weighted by atomic mass is 10.1. The van der Waals surface area contributed by atoms with Crippen molar-refractivity contribution in [2.24, 2.45) is 10.2 Å². The fraction of sp³-hybridized carbons (Fsp3) is 0.600. The van der Waals surface area contributed by atoms with Crippen molar-refractivity contribution < 1.29 is 13.2 Å². The first-order valence-corrected chi connectivity index (χ1v) is 3.52. The third-order valence-electron chi connectivity index (χ3n) is 1.19. The summed E-state index contributed by atoms with van der Waals surface area (Å²) in [4.78, 5) is 0. The zero-order chi connectivity index (χ0) is 8.70. The summed E-state index contributed by atoms with van der Waals surface area (Å²) in [5, 5.41) is 6.15. The SMILES string of the molecule is CC1(Br)C=NN=C1C(F)(F)F. The first kappa shape index (κ1) is 8.70. The van der Waals surface area contributed by atoms with Crippen molar-refractivity contribution in [3.8, 4) is 0 Å². The van der Waals surface area contributed by atoms with E-state index in [4.69, 9.17) is 0 Å². The van der Waals surface area contributed by atoms with Crippen molar-refractivity contribution in [1.82, 2.24) is 0 Å². The van der Waals surface area contributed by atoms with Crippen molar-refractivity contribution in [3.05, 3.63) is 0 Å². The minimum atomic E-state index is -4.41. The summed E-state index contributed by atoms with van der Waals surface area (Å²) in [5.74, 6) is 0. The summed E-state index contributed by atoms with van der Waals surface area (Å²) < 4.78 is 34.8. The molecule has 6 heteroatoms. The lowest BCUT2D eigenvalue weighted by Crippen LogP contribution is -2.38. The van der Waals surface area contributed by atoms with Gasteiger partial charge in [-0.05, 0) is 6.92 Å². The first-order valence-electron chi connectivity index (χ1n) is 2.73. The Morgan fingerprint density at radius 3 is 2.27 bits per heavy atom. The zero-order valence-electron chi connectivity index (χ0n) is 5.48. The normalized spacial score (nSPS) is 30.8. The highest BCUT2D eigenvalue weighted by molar-refractivity contribution is 9.10. The highest BCUT2D eigenvalue weighted by Gasteiger charge is 2.48. The van der Waals surface area contributed by atoms with Crippen LogP contribution in [0, 0.1) is 0 Å². The molecule has 0 aromatic heterocycles. The molecule has 1 aliphatic heterocycles. The van der Waals surface area contributed by atoms with E-state index in [9.17, 15) is 13.2 Å². The minimum absolute atomic E-state index is 0.912. The number of rotatable bonds is 0. The fourth-order valence-corrected chi connectivity index (χ4v) is 1.08. The van der Waals surface area contributed by atoms with Crippen molar-refractivity contribution >= 4 is 27.9 Å². The van der Waals surface area contributed by atoms with Gasteiger partial charge in [0.25, 0.3) is 0 Å². The van der Waals surface area contributed by atoms with Crippen LogP contribution in [0.4, 0.5) is 13.2 Å². The Morgan fingerprint density at radius 1 is 1.55 bits per heavy atom. The number of hydrogen-bond acceptors (Lipinski definition) is 2. The average molecular weight is 229 g/mol. The molecule has 1 heterocycles. The second-order valence-electron chi connectivity index (χ2n) is 2.27. The number of nitrogens with zero attached hydrogens (tertiary/aromatic N) is 2. The molecular weight excluding hydrogens is 225 g/mol. The van der Waals surface area contributed by atoms with E-state index in [1.54, 1.807) is 0 Å². The van der Waals surface area contributed by atoms with Crippen LogP contribution in [-0.2, 0) is 0 Å². The highest BCUT2D eigenvalue weighted by atomic mass is 79.9. The van der Waals surface area contributed by atoms with E-state index < -0.39 is 16.2 Å². The van der Waals surface area contributed by atoms with Gasteiger partial charge in [-0.25, -0.2) is 0 Å². The van der Waals surface area contributed by atoms with Crippen LogP contribution in [0.2, 0.25) is 0 Å². The van der Waals surface area contributed by atoms with Gasteiger partial charge >= 0.3 is 6.18 Å². The summed E-state index contributed by atoms with van der Waals surface area (Å²) in [6.45, 7) is 1.34. The van der Waals surface area contributed by atoms with Gasteiger partial charge in [0.2, 0.25) is 0 Å². The summed E-state index contributed by atoms with van der Waals surface area (Å²) in [6, 6.07) is 0. The third kappa shape index (κ3) is 1.61. The average Bonchev–Trinajstić information content (AvgIpc) is 2.06. The van der Waals surface area contributed by atoms with Crippen molar-refractivity contribution in [3.63, 3.8) is 0 Å². The summed E-state index contributed by atoms with van der Waals surface area (Å²) >= 11 is 2.84. The fourth-order valence-electron chi connectivity index (χ4n) is 0.688. The van der Waals surface area contributed by atoms with E-state index in [-0.39, 0.29) is 0 Å². The predicted octanol–water partition coefficient (Wildman–Crippen LogP) is 2.14. The molecule has 0 aromatic carbocycles. The standard InChI is InChI=1S/C5H4BrF3N2/c1-4(6)2-10-11-3(4)5(7,8)9/h2H,1H3. The molecule has 11 heavy (non-hydrogen) atoms. The number of alkyl halides is 4. The highest BCUT2D eigenvalue weighted by Crippen LogP contribution is 2.32. The maximum absolute atomic E-state index is 12.0. The molecule has 1 atom stereocenters. The van der Waals surface area contributed by atoms with Gasteiger partial charge in [0.05, 0.1) is 0 Å².